The number of rotatable bonds is 6. The number of hydrogen-bond acceptors (Lipinski definition) is 5. The molecular formula is C10H17N3O3. The predicted octanol–water partition coefficient (Wildman–Crippen LogP) is -0.979. The summed E-state index contributed by atoms with van der Waals surface area (Å²) in [6, 6.07) is 1.95. The highest BCUT2D eigenvalue weighted by Crippen LogP contribution is 1.96. The summed E-state index contributed by atoms with van der Waals surface area (Å²) in [7, 11) is 0. The van der Waals surface area contributed by atoms with Crippen molar-refractivity contribution >= 4 is 5.91 Å². The first-order valence-electron chi connectivity index (χ1n) is 5.36. The average molecular weight is 227 g/mol. The molecule has 2 N–H and O–H groups in total. The number of amides is 1. The molecule has 16 heavy (non-hydrogen) atoms. The Bertz CT molecular complexity index is 246. The minimum absolute atomic E-state index is 0.0191. The van der Waals surface area contributed by atoms with E-state index >= 15 is 0 Å². The second-order valence-electron chi connectivity index (χ2n) is 3.47. The molecule has 1 saturated heterocycles. The van der Waals surface area contributed by atoms with Gasteiger partial charge in [-0.25, -0.2) is 0 Å². The van der Waals surface area contributed by atoms with E-state index in [0.717, 1.165) is 13.1 Å². The normalized spacial score (nSPS) is 20.1. The fraction of sp³-hybridized carbons (Fsp3) is 0.800. The van der Waals surface area contributed by atoms with Gasteiger partial charge in [-0.1, -0.05) is 0 Å². The molecule has 6 heteroatoms. The number of nitrogens with zero attached hydrogens (tertiary/aromatic N) is 1. The molecule has 1 heterocycles. The topological polar surface area (TPSA) is 83.4 Å². The Morgan fingerprint density at radius 1 is 1.69 bits per heavy atom. The van der Waals surface area contributed by atoms with Crippen molar-refractivity contribution in [2.24, 2.45) is 0 Å². The highest BCUT2D eigenvalue weighted by atomic mass is 16.5. The number of morpholine rings is 1. The second-order valence-corrected chi connectivity index (χ2v) is 3.47. The molecule has 90 valence electrons. The lowest BCUT2D eigenvalue weighted by Gasteiger charge is -2.23. The van der Waals surface area contributed by atoms with Crippen LogP contribution in [0, 0.1) is 11.3 Å². The Hall–Kier alpha value is -1.16. The van der Waals surface area contributed by atoms with Crippen molar-refractivity contribution in [3.05, 3.63) is 0 Å². The van der Waals surface area contributed by atoms with Gasteiger partial charge in [-0.15, -0.1) is 0 Å². The molecule has 1 atom stereocenters. The van der Waals surface area contributed by atoms with E-state index in [4.69, 9.17) is 14.7 Å². The van der Waals surface area contributed by atoms with Crippen LogP contribution >= 0.6 is 0 Å². The molecule has 6 nitrogen and oxygen atoms in total. The molecule has 0 saturated carbocycles. The highest BCUT2D eigenvalue weighted by molar-refractivity contribution is 5.77. The SMILES string of the molecule is N#CCCNC(=O)COCC1CNCCO1. The Balaban J connectivity index is 1.97. The van der Waals surface area contributed by atoms with Gasteiger partial charge >= 0.3 is 0 Å². The molecule has 0 spiro atoms. The molecule has 0 aliphatic carbocycles. The van der Waals surface area contributed by atoms with Crippen molar-refractivity contribution in [1.29, 1.82) is 5.26 Å². The van der Waals surface area contributed by atoms with Crippen molar-refractivity contribution in [2.45, 2.75) is 12.5 Å². The van der Waals surface area contributed by atoms with Crippen molar-refractivity contribution < 1.29 is 14.3 Å². The van der Waals surface area contributed by atoms with Crippen molar-refractivity contribution in [2.75, 3.05) is 39.5 Å². The maximum atomic E-state index is 11.2. The first-order valence-corrected chi connectivity index (χ1v) is 5.36. The maximum Gasteiger partial charge on any atom is 0.246 e. The van der Waals surface area contributed by atoms with Crippen LogP contribution in [0.15, 0.2) is 0 Å². The van der Waals surface area contributed by atoms with Gasteiger partial charge in [-0.05, 0) is 0 Å². The van der Waals surface area contributed by atoms with Crippen molar-refractivity contribution in [3.8, 4) is 6.07 Å². The van der Waals surface area contributed by atoms with Crippen LogP contribution in [-0.2, 0) is 14.3 Å². The van der Waals surface area contributed by atoms with Gasteiger partial charge in [0.25, 0.3) is 0 Å². The van der Waals surface area contributed by atoms with E-state index < -0.39 is 0 Å². The molecule has 0 bridgehead atoms. The summed E-state index contributed by atoms with van der Waals surface area (Å²) in [4.78, 5) is 11.2. The Labute approximate surface area is 94.9 Å². The first kappa shape index (κ1) is 12.9. The van der Waals surface area contributed by atoms with Crippen molar-refractivity contribution in [1.82, 2.24) is 10.6 Å². The van der Waals surface area contributed by atoms with Crippen LogP contribution < -0.4 is 10.6 Å². The van der Waals surface area contributed by atoms with Gasteiger partial charge in [0.15, 0.2) is 0 Å². The summed E-state index contributed by atoms with van der Waals surface area (Å²) < 4.78 is 10.6. The van der Waals surface area contributed by atoms with Crippen LogP contribution in [0.3, 0.4) is 0 Å². The lowest BCUT2D eigenvalue weighted by Crippen LogP contribution is -2.41. The number of ether oxygens (including phenoxy) is 2. The van der Waals surface area contributed by atoms with E-state index in [1.807, 2.05) is 6.07 Å². The van der Waals surface area contributed by atoms with Crippen molar-refractivity contribution in [3.63, 3.8) is 0 Å². The molecule has 0 aromatic heterocycles. The number of carbonyl (C=O) groups is 1. The fourth-order valence-electron chi connectivity index (χ4n) is 1.32. The molecular weight excluding hydrogens is 210 g/mol. The number of carbonyl (C=O) groups excluding carboxylic acids is 1. The monoisotopic (exact) mass is 227 g/mol. The van der Waals surface area contributed by atoms with Gasteiger partial charge in [0.2, 0.25) is 5.91 Å². The quantitative estimate of drug-likeness (QED) is 0.570. The van der Waals surface area contributed by atoms with Gasteiger partial charge < -0.3 is 20.1 Å². The number of hydrogen-bond donors (Lipinski definition) is 2. The minimum Gasteiger partial charge on any atom is -0.373 e. The number of nitrogens with one attached hydrogen (secondary N) is 2. The standard InChI is InChI=1S/C10H17N3O3/c11-2-1-3-13-10(14)8-15-7-9-6-12-4-5-16-9/h9,12H,1,3-8H2,(H,13,14). The van der Waals surface area contributed by atoms with E-state index in [9.17, 15) is 4.79 Å². The van der Waals surface area contributed by atoms with Crippen LogP contribution in [0.5, 0.6) is 0 Å². The van der Waals surface area contributed by atoms with Crippen LogP contribution in [0.2, 0.25) is 0 Å². The Kier molecular flexibility index (Phi) is 6.49. The molecule has 0 aromatic rings. The van der Waals surface area contributed by atoms with Crippen LogP contribution in [0.1, 0.15) is 6.42 Å². The summed E-state index contributed by atoms with van der Waals surface area (Å²) in [6.07, 6.45) is 0.349. The zero-order valence-corrected chi connectivity index (χ0v) is 9.20. The molecule has 0 radical (unpaired) electrons. The Morgan fingerprint density at radius 2 is 2.56 bits per heavy atom. The van der Waals surface area contributed by atoms with Gasteiger partial charge in [0.1, 0.15) is 6.61 Å². The zero-order chi connectivity index (χ0) is 11.6. The molecule has 1 aliphatic rings. The molecule has 0 aromatic carbocycles. The van der Waals surface area contributed by atoms with Gasteiger partial charge in [0, 0.05) is 19.6 Å². The smallest absolute Gasteiger partial charge is 0.246 e. The second kappa shape index (κ2) is 8.05. The highest BCUT2D eigenvalue weighted by Gasteiger charge is 2.13. The molecule has 1 aliphatic heterocycles. The third-order valence-electron chi connectivity index (χ3n) is 2.10. The lowest BCUT2D eigenvalue weighted by atomic mass is 10.3. The van der Waals surface area contributed by atoms with Crippen LogP contribution in [0.25, 0.3) is 0 Å². The molecule has 1 amide bonds. The molecule has 1 fully saturated rings. The van der Waals surface area contributed by atoms with Crippen LogP contribution in [-0.4, -0.2) is 51.5 Å². The summed E-state index contributed by atoms with van der Waals surface area (Å²) in [5, 5.41) is 14.0. The summed E-state index contributed by atoms with van der Waals surface area (Å²) in [6.45, 7) is 3.12. The van der Waals surface area contributed by atoms with E-state index in [0.29, 0.717) is 26.2 Å². The third kappa shape index (κ3) is 5.66. The van der Waals surface area contributed by atoms with Gasteiger partial charge in [-0.3, -0.25) is 4.79 Å². The largest absolute Gasteiger partial charge is 0.373 e. The predicted molar refractivity (Wildman–Crippen MR) is 56.7 cm³/mol. The van der Waals surface area contributed by atoms with E-state index in [2.05, 4.69) is 10.6 Å². The molecule has 1 unspecified atom stereocenters. The lowest BCUT2D eigenvalue weighted by molar-refractivity contribution is -0.127. The van der Waals surface area contributed by atoms with E-state index in [-0.39, 0.29) is 18.6 Å². The van der Waals surface area contributed by atoms with Gasteiger partial charge in [-0.2, -0.15) is 5.26 Å². The molecule has 1 rings (SSSR count). The summed E-state index contributed by atoms with van der Waals surface area (Å²) >= 11 is 0. The minimum atomic E-state index is -0.195. The third-order valence-corrected chi connectivity index (χ3v) is 2.10. The summed E-state index contributed by atoms with van der Waals surface area (Å²) in [5.41, 5.74) is 0. The van der Waals surface area contributed by atoms with E-state index in [1.165, 1.54) is 0 Å². The van der Waals surface area contributed by atoms with Gasteiger partial charge in [0.05, 0.1) is 31.8 Å². The average Bonchev–Trinajstić information content (AvgIpc) is 2.31. The van der Waals surface area contributed by atoms with Crippen LogP contribution in [0.4, 0.5) is 0 Å². The first-order chi connectivity index (χ1) is 7.83. The maximum absolute atomic E-state index is 11.2. The number of nitriles is 1. The fourth-order valence-corrected chi connectivity index (χ4v) is 1.32. The zero-order valence-electron chi connectivity index (χ0n) is 9.20. The van der Waals surface area contributed by atoms with E-state index in [1.54, 1.807) is 0 Å². The Morgan fingerprint density at radius 3 is 3.25 bits per heavy atom. The summed E-state index contributed by atoms with van der Waals surface area (Å²) in [5.74, 6) is -0.195.